The van der Waals surface area contributed by atoms with E-state index in [0.29, 0.717) is 0 Å². The van der Waals surface area contributed by atoms with E-state index < -0.39 is 0 Å². The van der Waals surface area contributed by atoms with E-state index in [1.54, 1.807) is 14.2 Å². The Morgan fingerprint density at radius 3 is 1.50 bits per heavy atom. The van der Waals surface area contributed by atoms with Gasteiger partial charge < -0.3 is 19.4 Å². The number of aromatic amines is 2. The second-order valence-electron chi connectivity index (χ2n) is 7.48. The molecule has 0 spiro atoms. The number of nitrogens with one attached hydrogen (secondary N) is 2. The molecule has 0 aliphatic carbocycles. The van der Waals surface area contributed by atoms with Gasteiger partial charge in [0.05, 0.1) is 34.2 Å². The summed E-state index contributed by atoms with van der Waals surface area (Å²) in [6, 6.07) is 12.1. The van der Waals surface area contributed by atoms with E-state index in [1.165, 1.54) is 0 Å². The standard InChI is InChI=1S/C24H16Br2N4O2/c1-31-19-7-13-11-3-5-27-23(21(11)29-17(13)9-15(19)25)24-22-12(4-6-28-24)14-8-20(32-2)16(26)10-18(14)30-22/h3-10,29-30H,1-2H3. The van der Waals surface area contributed by atoms with Crippen LogP contribution in [0.4, 0.5) is 0 Å². The topological polar surface area (TPSA) is 75.8 Å². The van der Waals surface area contributed by atoms with Crippen molar-refractivity contribution in [3.05, 3.63) is 57.7 Å². The van der Waals surface area contributed by atoms with E-state index in [1.807, 2.05) is 48.8 Å². The molecule has 2 aromatic carbocycles. The Labute approximate surface area is 199 Å². The van der Waals surface area contributed by atoms with Gasteiger partial charge in [0.15, 0.2) is 0 Å². The summed E-state index contributed by atoms with van der Waals surface area (Å²) < 4.78 is 12.8. The molecule has 0 aliphatic heterocycles. The second-order valence-corrected chi connectivity index (χ2v) is 9.19. The van der Waals surface area contributed by atoms with Crippen molar-refractivity contribution in [3.63, 3.8) is 0 Å². The van der Waals surface area contributed by atoms with Crippen molar-refractivity contribution in [1.82, 2.24) is 19.9 Å². The summed E-state index contributed by atoms with van der Waals surface area (Å²) >= 11 is 7.15. The first kappa shape index (κ1) is 19.6. The lowest BCUT2D eigenvalue weighted by atomic mass is 10.1. The van der Waals surface area contributed by atoms with Crippen molar-refractivity contribution in [2.75, 3.05) is 14.2 Å². The minimum absolute atomic E-state index is 0.784. The monoisotopic (exact) mass is 550 g/mol. The minimum Gasteiger partial charge on any atom is -0.496 e. The lowest BCUT2D eigenvalue weighted by Gasteiger charge is -2.04. The Hall–Kier alpha value is -3.10. The highest BCUT2D eigenvalue weighted by atomic mass is 79.9. The van der Waals surface area contributed by atoms with Crippen LogP contribution in [0.5, 0.6) is 11.5 Å². The average Bonchev–Trinajstić information content (AvgIpc) is 3.34. The lowest BCUT2D eigenvalue weighted by molar-refractivity contribution is 0.412. The highest BCUT2D eigenvalue weighted by Gasteiger charge is 2.18. The first-order valence-corrected chi connectivity index (χ1v) is 11.5. The number of rotatable bonds is 3. The molecule has 6 aromatic rings. The molecule has 0 fully saturated rings. The largest absolute Gasteiger partial charge is 0.496 e. The molecule has 0 aliphatic rings. The quantitative estimate of drug-likeness (QED) is 0.249. The average molecular weight is 552 g/mol. The molecule has 158 valence electrons. The van der Waals surface area contributed by atoms with Gasteiger partial charge >= 0.3 is 0 Å². The van der Waals surface area contributed by atoms with Gasteiger partial charge in [-0.25, -0.2) is 0 Å². The highest BCUT2D eigenvalue weighted by Crippen LogP contribution is 2.40. The Morgan fingerprint density at radius 2 is 1.09 bits per heavy atom. The SMILES string of the molecule is COc1cc2c(cc1Br)[nH]c1c(-c3nccc4c3[nH]c3cc(Br)c(OC)cc34)nccc12. The van der Waals surface area contributed by atoms with Crippen molar-refractivity contribution in [2.45, 2.75) is 0 Å². The van der Waals surface area contributed by atoms with E-state index in [4.69, 9.17) is 19.4 Å². The molecule has 0 radical (unpaired) electrons. The number of fused-ring (bicyclic) bond motifs is 6. The van der Waals surface area contributed by atoms with Crippen molar-refractivity contribution >= 4 is 75.5 Å². The first-order valence-electron chi connectivity index (χ1n) is 9.87. The van der Waals surface area contributed by atoms with Crippen LogP contribution in [0.2, 0.25) is 0 Å². The van der Waals surface area contributed by atoms with Gasteiger partial charge in [-0.15, -0.1) is 0 Å². The minimum atomic E-state index is 0.784. The van der Waals surface area contributed by atoms with E-state index in [2.05, 4.69) is 41.8 Å². The zero-order chi connectivity index (χ0) is 22.0. The fraction of sp³-hybridized carbons (Fsp3) is 0.0833. The predicted octanol–water partition coefficient (Wildman–Crippen LogP) is 6.95. The molecule has 2 N–H and O–H groups in total. The molecule has 0 bridgehead atoms. The highest BCUT2D eigenvalue weighted by molar-refractivity contribution is 9.11. The summed E-state index contributed by atoms with van der Waals surface area (Å²) in [5.74, 6) is 1.57. The summed E-state index contributed by atoms with van der Waals surface area (Å²) in [7, 11) is 3.34. The van der Waals surface area contributed by atoms with Gasteiger partial charge in [0, 0.05) is 45.0 Å². The smallest absolute Gasteiger partial charge is 0.133 e. The summed E-state index contributed by atoms with van der Waals surface area (Å²) in [5, 5.41) is 4.27. The second kappa shape index (κ2) is 7.21. The maximum Gasteiger partial charge on any atom is 0.133 e. The van der Waals surface area contributed by atoms with E-state index in [9.17, 15) is 0 Å². The molecular formula is C24H16Br2N4O2. The Bertz CT molecular complexity index is 1560. The zero-order valence-corrected chi connectivity index (χ0v) is 20.3. The van der Waals surface area contributed by atoms with Crippen LogP contribution in [0.1, 0.15) is 0 Å². The lowest BCUT2D eigenvalue weighted by Crippen LogP contribution is -1.90. The fourth-order valence-corrected chi connectivity index (χ4v) is 5.34. The molecular weight excluding hydrogens is 536 g/mol. The molecule has 0 saturated carbocycles. The fourth-order valence-electron chi connectivity index (χ4n) is 4.33. The number of ether oxygens (including phenoxy) is 2. The van der Waals surface area contributed by atoms with Crippen molar-refractivity contribution < 1.29 is 9.47 Å². The molecule has 4 heterocycles. The van der Waals surface area contributed by atoms with Gasteiger partial charge in [-0.3, -0.25) is 9.97 Å². The first-order chi connectivity index (χ1) is 15.6. The van der Waals surface area contributed by atoms with E-state index in [-0.39, 0.29) is 0 Å². The maximum atomic E-state index is 5.50. The predicted molar refractivity (Wildman–Crippen MR) is 135 cm³/mol. The molecule has 0 unspecified atom stereocenters. The number of halogens is 2. The van der Waals surface area contributed by atoms with Crippen molar-refractivity contribution in [1.29, 1.82) is 0 Å². The molecule has 0 atom stereocenters. The molecule has 32 heavy (non-hydrogen) atoms. The summed E-state index contributed by atoms with van der Waals surface area (Å²) in [6.07, 6.45) is 3.64. The van der Waals surface area contributed by atoms with Gasteiger partial charge in [-0.1, -0.05) is 0 Å². The van der Waals surface area contributed by atoms with Gasteiger partial charge in [0.25, 0.3) is 0 Å². The van der Waals surface area contributed by atoms with Crippen LogP contribution in [-0.4, -0.2) is 34.2 Å². The van der Waals surface area contributed by atoms with Crippen LogP contribution in [0.25, 0.3) is 55.0 Å². The van der Waals surface area contributed by atoms with Crippen LogP contribution >= 0.6 is 31.9 Å². The molecule has 6 rings (SSSR count). The summed E-state index contributed by atoms with van der Waals surface area (Å²) in [5.41, 5.74) is 5.44. The number of nitrogens with zero attached hydrogens (tertiary/aromatic N) is 2. The third-order valence-electron chi connectivity index (χ3n) is 5.81. The van der Waals surface area contributed by atoms with Crippen LogP contribution in [-0.2, 0) is 0 Å². The number of pyridine rings is 2. The number of benzene rings is 2. The van der Waals surface area contributed by atoms with Crippen LogP contribution in [0.3, 0.4) is 0 Å². The normalized spacial score (nSPS) is 11.8. The third-order valence-corrected chi connectivity index (χ3v) is 7.05. The van der Waals surface area contributed by atoms with Crippen molar-refractivity contribution in [2.24, 2.45) is 0 Å². The van der Waals surface area contributed by atoms with Gasteiger partial charge in [0.1, 0.15) is 22.9 Å². The number of H-pyrrole nitrogens is 2. The third kappa shape index (κ3) is 2.76. The Morgan fingerprint density at radius 1 is 0.656 bits per heavy atom. The van der Waals surface area contributed by atoms with E-state index in [0.717, 1.165) is 75.4 Å². The number of hydrogen-bond acceptors (Lipinski definition) is 4. The molecule has 4 aromatic heterocycles. The Balaban J connectivity index is 1.67. The Kier molecular flexibility index (Phi) is 4.41. The van der Waals surface area contributed by atoms with Crippen molar-refractivity contribution in [3.8, 4) is 22.9 Å². The van der Waals surface area contributed by atoms with Crippen LogP contribution in [0, 0.1) is 0 Å². The number of aromatic nitrogens is 4. The maximum absolute atomic E-state index is 5.50. The summed E-state index contributed by atoms with van der Waals surface area (Å²) in [6.45, 7) is 0. The van der Waals surface area contributed by atoms with E-state index >= 15 is 0 Å². The van der Waals surface area contributed by atoms with Gasteiger partial charge in [-0.05, 0) is 68.3 Å². The molecule has 0 saturated heterocycles. The molecule has 0 amide bonds. The van der Waals surface area contributed by atoms with Gasteiger partial charge in [0.2, 0.25) is 0 Å². The molecule has 6 nitrogen and oxygen atoms in total. The van der Waals surface area contributed by atoms with Crippen LogP contribution < -0.4 is 9.47 Å². The number of methoxy groups -OCH3 is 2. The summed E-state index contributed by atoms with van der Waals surface area (Å²) in [4.78, 5) is 16.5. The number of hydrogen-bond donors (Lipinski definition) is 2. The zero-order valence-electron chi connectivity index (χ0n) is 17.1. The van der Waals surface area contributed by atoms with Crippen LogP contribution in [0.15, 0.2) is 57.7 Å². The molecule has 8 heteroatoms. The van der Waals surface area contributed by atoms with Gasteiger partial charge in [-0.2, -0.15) is 0 Å².